The molecule has 0 fully saturated rings. The van der Waals surface area contributed by atoms with E-state index in [0.29, 0.717) is 29.2 Å². The van der Waals surface area contributed by atoms with Gasteiger partial charge in [0.1, 0.15) is 28.2 Å². The van der Waals surface area contributed by atoms with Crippen molar-refractivity contribution >= 4 is 5.78 Å². The molecule has 0 unspecified atom stereocenters. The summed E-state index contributed by atoms with van der Waals surface area (Å²) < 4.78 is 21.4. The first-order valence-electron chi connectivity index (χ1n) is 7.78. The van der Waals surface area contributed by atoms with Gasteiger partial charge in [-0.2, -0.15) is 0 Å². The standard InChI is InChI=1S/C18H14O7/c1-22-9-3-11(19)15-14(4-9)25-17(21)18(16(15)20)6-8-2-12-13(5-10(8)18)24-7-23-12/h2-5,17,19,21H,6-7H2,1H3/t17-,18+/m1/s1. The molecule has 3 aliphatic rings. The number of aromatic hydroxyl groups is 1. The van der Waals surface area contributed by atoms with Crippen LogP contribution in [-0.4, -0.2) is 36.2 Å². The van der Waals surface area contributed by atoms with Crippen molar-refractivity contribution in [2.24, 2.45) is 0 Å². The maximum absolute atomic E-state index is 13.2. The lowest BCUT2D eigenvalue weighted by Gasteiger charge is -2.47. The fraction of sp³-hybridized carbons (Fsp3) is 0.278. The van der Waals surface area contributed by atoms with E-state index in [1.54, 1.807) is 6.07 Å². The Hall–Kier alpha value is -2.93. The molecule has 7 nitrogen and oxygen atoms in total. The topological polar surface area (TPSA) is 94.5 Å². The van der Waals surface area contributed by atoms with Crippen molar-refractivity contribution in [3.63, 3.8) is 0 Å². The van der Waals surface area contributed by atoms with E-state index in [9.17, 15) is 15.0 Å². The molecule has 0 bridgehead atoms. The highest BCUT2D eigenvalue weighted by molar-refractivity contribution is 6.11. The number of methoxy groups -OCH3 is 1. The van der Waals surface area contributed by atoms with Crippen LogP contribution in [0.4, 0.5) is 0 Å². The number of carbonyl (C=O) groups excluding carboxylic acids is 1. The molecule has 5 rings (SSSR count). The maximum Gasteiger partial charge on any atom is 0.231 e. The van der Waals surface area contributed by atoms with E-state index in [0.717, 1.165) is 5.56 Å². The van der Waals surface area contributed by atoms with Crippen molar-refractivity contribution in [1.29, 1.82) is 0 Å². The molecule has 0 radical (unpaired) electrons. The van der Waals surface area contributed by atoms with Gasteiger partial charge < -0.3 is 29.2 Å². The second kappa shape index (κ2) is 4.58. The van der Waals surface area contributed by atoms with Crippen LogP contribution in [0, 0.1) is 0 Å². The fourth-order valence-corrected chi connectivity index (χ4v) is 3.83. The summed E-state index contributed by atoms with van der Waals surface area (Å²) in [5, 5.41) is 20.9. The second-order valence-electron chi connectivity index (χ2n) is 6.33. The molecule has 2 N–H and O–H groups in total. The minimum Gasteiger partial charge on any atom is -0.507 e. The Bertz CT molecular complexity index is 936. The SMILES string of the molecule is COc1cc(O)c2c(c1)O[C@@H](O)[C@]1(Cc3cc4c(cc31)OCO4)C2=O. The Morgan fingerprint density at radius 1 is 1.16 bits per heavy atom. The van der Waals surface area contributed by atoms with Gasteiger partial charge >= 0.3 is 0 Å². The van der Waals surface area contributed by atoms with Gasteiger partial charge in [-0.05, 0) is 29.7 Å². The highest BCUT2D eigenvalue weighted by Crippen LogP contribution is 2.55. The molecule has 2 heterocycles. The number of aliphatic hydroxyl groups excluding tert-OH is 1. The lowest BCUT2D eigenvalue weighted by Crippen LogP contribution is -2.59. The van der Waals surface area contributed by atoms with Crippen LogP contribution in [0.15, 0.2) is 24.3 Å². The summed E-state index contributed by atoms with van der Waals surface area (Å²) in [7, 11) is 1.44. The van der Waals surface area contributed by atoms with Crippen LogP contribution in [0.25, 0.3) is 0 Å². The third-order valence-corrected chi connectivity index (χ3v) is 5.13. The molecule has 2 aromatic rings. The third kappa shape index (κ3) is 1.65. The molecule has 1 spiro atoms. The van der Waals surface area contributed by atoms with Crippen LogP contribution >= 0.6 is 0 Å². The highest BCUT2D eigenvalue weighted by atomic mass is 16.7. The molecule has 0 amide bonds. The smallest absolute Gasteiger partial charge is 0.231 e. The number of rotatable bonds is 1. The van der Waals surface area contributed by atoms with Gasteiger partial charge in [0.15, 0.2) is 17.3 Å². The quantitative estimate of drug-likeness (QED) is 0.811. The lowest BCUT2D eigenvalue weighted by atomic mass is 9.59. The van der Waals surface area contributed by atoms with Crippen molar-refractivity contribution in [1.82, 2.24) is 0 Å². The number of fused-ring (bicyclic) bond motifs is 4. The van der Waals surface area contributed by atoms with E-state index >= 15 is 0 Å². The van der Waals surface area contributed by atoms with Crippen molar-refractivity contribution < 1.29 is 34.0 Å². The Morgan fingerprint density at radius 2 is 1.92 bits per heavy atom. The molecule has 2 aromatic carbocycles. The molecular weight excluding hydrogens is 328 g/mol. The van der Waals surface area contributed by atoms with Crippen molar-refractivity contribution in [3.8, 4) is 28.7 Å². The van der Waals surface area contributed by atoms with E-state index in [1.807, 2.05) is 6.07 Å². The van der Waals surface area contributed by atoms with Gasteiger partial charge in [0.05, 0.1) is 7.11 Å². The molecule has 25 heavy (non-hydrogen) atoms. The van der Waals surface area contributed by atoms with Gasteiger partial charge in [-0.3, -0.25) is 4.79 Å². The van der Waals surface area contributed by atoms with Crippen LogP contribution in [0.1, 0.15) is 21.5 Å². The zero-order valence-electron chi connectivity index (χ0n) is 13.2. The second-order valence-corrected chi connectivity index (χ2v) is 6.33. The summed E-state index contributed by atoms with van der Waals surface area (Å²) in [4.78, 5) is 13.2. The monoisotopic (exact) mass is 342 g/mol. The molecule has 7 heteroatoms. The average Bonchev–Trinajstić information content (AvgIpc) is 3.02. The fourth-order valence-electron chi connectivity index (χ4n) is 3.83. The lowest BCUT2D eigenvalue weighted by molar-refractivity contribution is -0.0818. The molecule has 0 saturated heterocycles. The van der Waals surface area contributed by atoms with Gasteiger partial charge in [-0.25, -0.2) is 0 Å². The Morgan fingerprint density at radius 3 is 2.68 bits per heavy atom. The molecule has 2 aliphatic heterocycles. The zero-order chi connectivity index (χ0) is 17.3. The van der Waals surface area contributed by atoms with Crippen molar-refractivity contribution in [2.75, 3.05) is 13.9 Å². The van der Waals surface area contributed by atoms with Gasteiger partial charge in [0, 0.05) is 12.1 Å². The van der Waals surface area contributed by atoms with Crippen LogP contribution in [0.2, 0.25) is 0 Å². The van der Waals surface area contributed by atoms with E-state index < -0.39 is 11.7 Å². The summed E-state index contributed by atoms with van der Waals surface area (Å²) in [6.07, 6.45) is -1.07. The number of benzene rings is 2. The van der Waals surface area contributed by atoms with E-state index in [2.05, 4.69) is 0 Å². The number of ether oxygens (including phenoxy) is 4. The van der Waals surface area contributed by atoms with E-state index in [4.69, 9.17) is 18.9 Å². The van der Waals surface area contributed by atoms with Gasteiger partial charge in [0.25, 0.3) is 0 Å². The summed E-state index contributed by atoms with van der Waals surface area (Å²) in [6.45, 7) is 0.127. The predicted molar refractivity (Wildman–Crippen MR) is 83.6 cm³/mol. The molecule has 2 atom stereocenters. The van der Waals surface area contributed by atoms with Gasteiger partial charge in [-0.1, -0.05) is 0 Å². The number of ketones is 1. The van der Waals surface area contributed by atoms with Crippen LogP contribution in [0.5, 0.6) is 28.7 Å². The number of phenolic OH excluding ortho intramolecular Hbond substituents is 1. The number of hydrogen-bond acceptors (Lipinski definition) is 7. The predicted octanol–water partition coefficient (Wildman–Crippen LogP) is 1.52. The van der Waals surface area contributed by atoms with Crippen molar-refractivity contribution in [3.05, 3.63) is 41.0 Å². The summed E-state index contributed by atoms with van der Waals surface area (Å²) in [6, 6.07) is 6.34. The minimum absolute atomic E-state index is 0.0504. The normalized spacial score (nSPS) is 25.0. The Labute approximate surface area is 142 Å². The third-order valence-electron chi connectivity index (χ3n) is 5.13. The molecular formula is C18H14O7. The van der Waals surface area contributed by atoms with E-state index in [1.165, 1.54) is 19.2 Å². The number of phenols is 1. The van der Waals surface area contributed by atoms with Gasteiger partial charge in [0.2, 0.25) is 13.1 Å². The van der Waals surface area contributed by atoms with Crippen molar-refractivity contribution in [2.45, 2.75) is 18.1 Å². The van der Waals surface area contributed by atoms with E-state index in [-0.39, 0.29) is 29.6 Å². The largest absolute Gasteiger partial charge is 0.507 e. The summed E-state index contributed by atoms with van der Waals surface area (Å²) >= 11 is 0. The molecule has 128 valence electrons. The highest BCUT2D eigenvalue weighted by Gasteiger charge is 2.60. The molecule has 1 aliphatic carbocycles. The minimum atomic E-state index is -1.37. The number of aliphatic hydroxyl groups is 1. The van der Waals surface area contributed by atoms with Gasteiger partial charge in [-0.15, -0.1) is 0 Å². The number of carbonyl (C=O) groups is 1. The summed E-state index contributed by atoms with van der Waals surface area (Å²) in [5.41, 5.74) is 0.316. The molecule has 0 saturated carbocycles. The van der Waals surface area contributed by atoms with Crippen LogP contribution < -0.4 is 18.9 Å². The zero-order valence-corrected chi connectivity index (χ0v) is 13.2. The van der Waals surface area contributed by atoms with Crippen LogP contribution in [0.3, 0.4) is 0 Å². The first-order valence-corrected chi connectivity index (χ1v) is 7.78. The first-order chi connectivity index (χ1) is 12.0. The number of Topliss-reactive ketones (excluding diaryl/α,β-unsaturated/α-hetero) is 1. The van der Waals surface area contributed by atoms with Crippen LogP contribution in [-0.2, 0) is 11.8 Å². The maximum atomic E-state index is 13.2. The Kier molecular flexibility index (Phi) is 2.64. The Balaban J connectivity index is 1.66. The molecule has 0 aromatic heterocycles. The number of hydrogen-bond donors (Lipinski definition) is 2. The summed E-state index contributed by atoms with van der Waals surface area (Å²) in [5.74, 6) is 0.981. The first kappa shape index (κ1) is 14.4. The average molecular weight is 342 g/mol.